The lowest BCUT2D eigenvalue weighted by Crippen LogP contribution is -2.25. The van der Waals surface area contributed by atoms with E-state index >= 15 is 0 Å². The van der Waals surface area contributed by atoms with Gasteiger partial charge >= 0.3 is 0 Å². The van der Waals surface area contributed by atoms with Crippen molar-refractivity contribution in [3.05, 3.63) is 29.8 Å². The number of rotatable bonds is 9. The molecule has 1 aliphatic rings. The van der Waals surface area contributed by atoms with Crippen molar-refractivity contribution in [1.29, 1.82) is 0 Å². The molecule has 0 saturated heterocycles. The molecule has 1 aromatic carbocycles. The summed E-state index contributed by atoms with van der Waals surface area (Å²) in [6.45, 7) is 2.79. The summed E-state index contributed by atoms with van der Waals surface area (Å²) in [7, 11) is 3.70. The number of benzene rings is 1. The quantitative estimate of drug-likeness (QED) is 0.742. The smallest absolute Gasteiger partial charge is 0.118 e. The summed E-state index contributed by atoms with van der Waals surface area (Å²) in [5, 5.41) is 3.26. The molecule has 1 fully saturated rings. The minimum Gasteiger partial charge on any atom is -0.497 e. The van der Waals surface area contributed by atoms with Crippen LogP contribution in [-0.2, 0) is 11.2 Å². The van der Waals surface area contributed by atoms with E-state index in [2.05, 4.69) is 17.4 Å². The maximum absolute atomic E-state index is 5.82. The van der Waals surface area contributed by atoms with Crippen LogP contribution >= 0.6 is 0 Å². The van der Waals surface area contributed by atoms with E-state index in [1.54, 1.807) is 7.11 Å². The summed E-state index contributed by atoms with van der Waals surface area (Å²) in [5.41, 5.74) is 1.34. The van der Waals surface area contributed by atoms with Crippen LogP contribution in [0.2, 0.25) is 0 Å². The van der Waals surface area contributed by atoms with Gasteiger partial charge in [-0.2, -0.15) is 0 Å². The summed E-state index contributed by atoms with van der Waals surface area (Å²) >= 11 is 0. The minimum absolute atomic E-state index is 0.539. The Morgan fingerprint density at radius 1 is 1.26 bits per heavy atom. The van der Waals surface area contributed by atoms with Crippen LogP contribution in [0.25, 0.3) is 0 Å². The van der Waals surface area contributed by atoms with E-state index in [9.17, 15) is 0 Å². The standard InChI is InChI=1S/C16H25NO2/c1-17-10-15(12-19-11-14-3-4-14)9-13-5-7-16(18-2)8-6-13/h5-8,14-15,17H,3-4,9-12H2,1-2H3. The molecule has 0 bridgehead atoms. The lowest BCUT2D eigenvalue weighted by molar-refractivity contribution is 0.0913. The Bertz CT molecular complexity index is 360. The molecule has 0 amide bonds. The molecule has 106 valence electrons. The van der Waals surface area contributed by atoms with Crippen molar-refractivity contribution in [2.24, 2.45) is 11.8 Å². The zero-order valence-corrected chi connectivity index (χ0v) is 12.0. The van der Waals surface area contributed by atoms with Crippen molar-refractivity contribution in [3.63, 3.8) is 0 Å². The molecule has 1 aliphatic carbocycles. The molecule has 1 atom stereocenters. The van der Waals surface area contributed by atoms with Crippen LogP contribution in [0.3, 0.4) is 0 Å². The van der Waals surface area contributed by atoms with E-state index in [4.69, 9.17) is 9.47 Å². The topological polar surface area (TPSA) is 30.5 Å². The predicted octanol–water partition coefficient (Wildman–Crippen LogP) is 2.50. The second-order valence-corrected chi connectivity index (χ2v) is 5.46. The van der Waals surface area contributed by atoms with E-state index in [-0.39, 0.29) is 0 Å². The van der Waals surface area contributed by atoms with Gasteiger partial charge in [-0.05, 0) is 55.8 Å². The monoisotopic (exact) mass is 263 g/mol. The van der Waals surface area contributed by atoms with Gasteiger partial charge in [0.25, 0.3) is 0 Å². The van der Waals surface area contributed by atoms with Gasteiger partial charge in [-0.3, -0.25) is 0 Å². The summed E-state index contributed by atoms with van der Waals surface area (Å²) in [6.07, 6.45) is 3.76. The maximum Gasteiger partial charge on any atom is 0.118 e. The van der Waals surface area contributed by atoms with Crippen LogP contribution in [0.4, 0.5) is 0 Å². The van der Waals surface area contributed by atoms with Crippen molar-refractivity contribution >= 4 is 0 Å². The highest BCUT2D eigenvalue weighted by Gasteiger charge is 2.21. The van der Waals surface area contributed by atoms with E-state index in [1.165, 1.54) is 18.4 Å². The van der Waals surface area contributed by atoms with Gasteiger partial charge in [0.05, 0.1) is 13.7 Å². The molecule has 1 saturated carbocycles. The third kappa shape index (κ3) is 5.21. The van der Waals surface area contributed by atoms with Crippen molar-refractivity contribution in [2.45, 2.75) is 19.3 Å². The fourth-order valence-corrected chi connectivity index (χ4v) is 2.26. The third-order valence-electron chi connectivity index (χ3n) is 3.58. The highest BCUT2D eigenvalue weighted by molar-refractivity contribution is 5.27. The molecule has 2 rings (SSSR count). The van der Waals surface area contributed by atoms with Crippen LogP contribution in [0.1, 0.15) is 18.4 Å². The molecular weight excluding hydrogens is 238 g/mol. The van der Waals surface area contributed by atoms with E-state index < -0.39 is 0 Å². The van der Waals surface area contributed by atoms with Gasteiger partial charge in [-0.15, -0.1) is 0 Å². The first-order valence-corrected chi connectivity index (χ1v) is 7.17. The largest absolute Gasteiger partial charge is 0.497 e. The first-order valence-electron chi connectivity index (χ1n) is 7.17. The van der Waals surface area contributed by atoms with Gasteiger partial charge in [-0.1, -0.05) is 12.1 Å². The molecular formula is C16H25NO2. The zero-order chi connectivity index (χ0) is 13.5. The van der Waals surface area contributed by atoms with Crippen molar-refractivity contribution in [2.75, 3.05) is 33.9 Å². The van der Waals surface area contributed by atoms with E-state index in [0.717, 1.165) is 37.8 Å². The van der Waals surface area contributed by atoms with Crippen LogP contribution in [0.15, 0.2) is 24.3 Å². The minimum atomic E-state index is 0.539. The third-order valence-corrected chi connectivity index (χ3v) is 3.58. The molecule has 1 aromatic rings. The molecule has 1 unspecified atom stereocenters. The summed E-state index contributed by atoms with van der Waals surface area (Å²) in [4.78, 5) is 0. The van der Waals surface area contributed by atoms with Gasteiger partial charge < -0.3 is 14.8 Å². The number of nitrogens with one attached hydrogen (secondary N) is 1. The number of methoxy groups -OCH3 is 1. The Kier molecular flexibility index (Phi) is 5.67. The van der Waals surface area contributed by atoms with Crippen molar-refractivity contribution in [1.82, 2.24) is 5.32 Å². The van der Waals surface area contributed by atoms with Gasteiger partial charge in [0.2, 0.25) is 0 Å². The van der Waals surface area contributed by atoms with E-state index in [0.29, 0.717) is 5.92 Å². The van der Waals surface area contributed by atoms with Crippen molar-refractivity contribution < 1.29 is 9.47 Å². The second-order valence-electron chi connectivity index (χ2n) is 5.46. The highest BCUT2D eigenvalue weighted by atomic mass is 16.5. The highest BCUT2D eigenvalue weighted by Crippen LogP contribution is 2.29. The molecule has 0 spiro atoms. The van der Waals surface area contributed by atoms with Crippen LogP contribution in [0, 0.1) is 11.8 Å². The first kappa shape index (κ1) is 14.4. The fraction of sp³-hybridized carbons (Fsp3) is 0.625. The molecule has 3 heteroatoms. The second kappa shape index (κ2) is 7.51. The molecule has 0 aliphatic heterocycles. The summed E-state index contributed by atoms with van der Waals surface area (Å²) in [6, 6.07) is 8.33. The lowest BCUT2D eigenvalue weighted by atomic mass is 10.00. The first-order chi connectivity index (χ1) is 9.31. The Morgan fingerprint density at radius 2 is 2.00 bits per heavy atom. The van der Waals surface area contributed by atoms with E-state index in [1.807, 2.05) is 19.2 Å². The molecule has 19 heavy (non-hydrogen) atoms. The van der Waals surface area contributed by atoms with Crippen LogP contribution < -0.4 is 10.1 Å². The maximum atomic E-state index is 5.82. The molecule has 3 nitrogen and oxygen atoms in total. The van der Waals surface area contributed by atoms with Crippen LogP contribution in [0.5, 0.6) is 5.75 Å². The number of hydrogen-bond donors (Lipinski definition) is 1. The van der Waals surface area contributed by atoms with Crippen molar-refractivity contribution in [3.8, 4) is 5.75 Å². The predicted molar refractivity (Wildman–Crippen MR) is 77.7 cm³/mol. The summed E-state index contributed by atoms with van der Waals surface area (Å²) < 4.78 is 11.0. The summed E-state index contributed by atoms with van der Waals surface area (Å²) in [5.74, 6) is 2.30. The average Bonchev–Trinajstić information content (AvgIpc) is 3.24. The van der Waals surface area contributed by atoms with Gasteiger partial charge in [0, 0.05) is 13.2 Å². The molecule has 0 aromatic heterocycles. The fourth-order valence-electron chi connectivity index (χ4n) is 2.26. The van der Waals surface area contributed by atoms with Crippen LogP contribution in [-0.4, -0.2) is 33.9 Å². The van der Waals surface area contributed by atoms with Gasteiger partial charge in [-0.25, -0.2) is 0 Å². The number of hydrogen-bond acceptors (Lipinski definition) is 3. The lowest BCUT2D eigenvalue weighted by Gasteiger charge is -2.17. The average molecular weight is 263 g/mol. The number of ether oxygens (including phenoxy) is 2. The molecule has 1 N–H and O–H groups in total. The Balaban J connectivity index is 1.79. The molecule has 0 heterocycles. The van der Waals surface area contributed by atoms with Gasteiger partial charge in [0.15, 0.2) is 0 Å². The van der Waals surface area contributed by atoms with Gasteiger partial charge in [0.1, 0.15) is 5.75 Å². The zero-order valence-electron chi connectivity index (χ0n) is 12.0. The Morgan fingerprint density at radius 3 is 2.58 bits per heavy atom. The normalized spacial score (nSPS) is 16.3. The molecule has 0 radical (unpaired) electrons. The SMILES string of the molecule is CNCC(COCC1CC1)Cc1ccc(OC)cc1. The Labute approximate surface area is 116 Å². The Hall–Kier alpha value is -1.06.